The number of nitrogens with zero attached hydrogens (tertiary/aromatic N) is 4. The zero-order valence-electron chi connectivity index (χ0n) is 14.3. The number of aryl methyl sites for hydroxylation is 1. The molecule has 0 saturated heterocycles. The van der Waals surface area contributed by atoms with Crippen LogP contribution in [0.5, 0.6) is 0 Å². The Labute approximate surface area is 159 Å². The van der Waals surface area contributed by atoms with Crippen molar-refractivity contribution in [1.82, 2.24) is 19.7 Å². The van der Waals surface area contributed by atoms with Crippen LogP contribution in [-0.2, 0) is 12.6 Å². The predicted octanol–water partition coefficient (Wildman–Crippen LogP) is 3.83. The van der Waals surface area contributed by atoms with Crippen molar-refractivity contribution >= 4 is 39.1 Å². The lowest BCUT2D eigenvalue weighted by Gasteiger charge is -2.38. The lowest BCUT2D eigenvalue weighted by atomic mass is 9.74. The second kappa shape index (κ2) is 6.69. The molecule has 0 spiro atoms. The molecule has 2 heterocycles. The Morgan fingerprint density at radius 1 is 1.19 bits per heavy atom. The van der Waals surface area contributed by atoms with Gasteiger partial charge in [-0.25, -0.2) is 4.98 Å². The summed E-state index contributed by atoms with van der Waals surface area (Å²) in [6.45, 7) is 0. The standard InChI is InChI=1S/C18H19BrN6O/c1-25-11-12(9-21-25)22-17-20-10-14(19)16(24-17)23-15-6-3-2-5-13(15)18(26)7-4-8-18/h2-3,5-6,9-11,26H,4,7-8H2,1H3,(H2,20,22,23,24). The van der Waals surface area contributed by atoms with Crippen molar-refractivity contribution in [3.8, 4) is 0 Å². The van der Waals surface area contributed by atoms with Crippen LogP contribution in [0.25, 0.3) is 0 Å². The Balaban J connectivity index is 1.61. The molecule has 0 amide bonds. The average molecular weight is 415 g/mol. The molecule has 1 aliphatic carbocycles. The summed E-state index contributed by atoms with van der Waals surface area (Å²) in [7, 11) is 1.85. The number of halogens is 1. The average Bonchev–Trinajstić information content (AvgIpc) is 3.01. The van der Waals surface area contributed by atoms with E-state index in [1.54, 1.807) is 17.1 Å². The molecule has 3 aromatic rings. The molecule has 4 rings (SSSR count). The van der Waals surface area contributed by atoms with Gasteiger partial charge in [0.2, 0.25) is 5.95 Å². The fourth-order valence-corrected chi connectivity index (χ4v) is 3.33. The minimum atomic E-state index is -0.750. The van der Waals surface area contributed by atoms with Gasteiger partial charge < -0.3 is 15.7 Å². The lowest BCUT2D eigenvalue weighted by Crippen LogP contribution is -2.34. The molecule has 8 heteroatoms. The van der Waals surface area contributed by atoms with Gasteiger partial charge in [-0.3, -0.25) is 4.68 Å². The van der Waals surface area contributed by atoms with Crippen LogP contribution >= 0.6 is 15.9 Å². The molecule has 0 bridgehead atoms. The second-order valence-electron chi connectivity index (χ2n) is 6.47. The highest BCUT2D eigenvalue weighted by Gasteiger charge is 2.37. The number of anilines is 4. The van der Waals surface area contributed by atoms with Crippen LogP contribution in [0.1, 0.15) is 24.8 Å². The summed E-state index contributed by atoms with van der Waals surface area (Å²) in [6, 6.07) is 7.80. The van der Waals surface area contributed by atoms with Gasteiger partial charge >= 0.3 is 0 Å². The summed E-state index contributed by atoms with van der Waals surface area (Å²) >= 11 is 3.49. The van der Waals surface area contributed by atoms with Crippen LogP contribution in [0.3, 0.4) is 0 Å². The number of benzene rings is 1. The van der Waals surface area contributed by atoms with Crippen molar-refractivity contribution in [3.05, 3.63) is 52.9 Å². The maximum absolute atomic E-state index is 10.8. The largest absolute Gasteiger partial charge is 0.385 e. The zero-order chi connectivity index (χ0) is 18.1. The van der Waals surface area contributed by atoms with Crippen LogP contribution in [0, 0.1) is 0 Å². The first kappa shape index (κ1) is 17.0. The third-order valence-electron chi connectivity index (χ3n) is 4.57. The summed E-state index contributed by atoms with van der Waals surface area (Å²) in [4.78, 5) is 8.83. The number of rotatable bonds is 5. The molecule has 0 unspecified atom stereocenters. The number of hydrogen-bond acceptors (Lipinski definition) is 6. The van der Waals surface area contributed by atoms with Gasteiger partial charge in [0, 0.05) is 30.7 Å². The van der Waals surface area contributed by atoms with Crippen LogP contribution in [0.15, 0.2) is 47.3 Å². The topological polar surface area (TPSA) is 87.9 Å². The fourth-order valence-electron chi connectivity index (χ4n) is 3.04. The Kier molecular flexibility index (Phi) is 4.37. The predicted molar refractivity (Wildman–Crippen MR) is 104 cm³/mol. The molecule has 1 fully saturated rings. The normalized spacial score (nSPS) is 15.3. The summed E-state index contributed by atoms with van der Waals surface area (Å²) in [5.74, 6) is 1.09. The Hall–Kier alpha value is -2.45. The van der Waals surface area contributed by atoms with E-state index in [-0.39, 0.29) is 0 Å². The van der Waals surface area contributed by atoms with Crippen LogP contribution in [-0.4, -0.2) is 24.9 Å². The Morgan fingerprint density at radius 3 is 2.69 bits per heavy atom. The van der Waals surface area contributed by atoms with Crippen LogP contribution in [0.2, 0.25) is 0 Å². The van der Waals surface area contributed by atoms with Gasteiger partial charge in [0.1, 0.15) is 5.82 Å². The fraction of sp³-hybridized carbons (Fsp3) is 0.278. The smallest absolute Gasteiger partial charge is 0.229 e. The monoisotopic (exact) mass is 414 g/mol. The third-order valence-corrected chi connectivity index (χ3v) is 5.15. The van der Waals surface area contributed by atoms with Gasteiger partial charge in [-0.2, -0.15) is 10.1 Å². The van der Waals surface area contributed by atoms with E-state index in [1.807, 2.05) is 37.5 Å². The van der Waals surface area contributed by atoms with Gasteiger partial charge in [-0.15, -0.1) is 0 Å². The van der Waals surface area contributed by atoms with E-state index in [4.69, 9.17) is 0 Å². The maximum Gasteiger partial charge on any atom is 0.229 e. The first-order chi connectivity index (χ1) is 12.5. The molecule has 2 aromatic heterocycles. The van der Waals surface area contributed by atoms with Gasteiger partial charge in [0.25, 0.3) is 0 Å². The molecule has 0 atom stereocenters. The Morgan fingerprint density at radius 2 is 2.00 bits per heavy atom. The summed E-state index contributed by atoms with van der Waals surface area (Å²) in [5, 5.41) is 21.3. The maximum atomic E-state index is 10.8. The van der Waals surface area contributed by atoms with Crippen LogP contribution in [0.4, 0.5) is 23.1 Å². The van der Waals surface area contributed by atoms with Gasteiger partial charge in [0.05, 0.1) is 22.0 Å². The van der Waals surface area contributed by atoms with Crippen molar-refractivity contribution in [3.63, 3.8) is 0 Å². The zero-order valence-corrected chi connectivity index (χ0v) is 15.9. The number of aromatic nitrogens is 4. The van der Waals surface area contributed by atoms with E-state index in [1.165, 1.54) is 0 Å². The molecule has 1 saturated carbocycles. The third kappa shape index (κ3) is 3.30. The minimum absolute atomic E-state index is 0.462. The lowest BCUT2D eigenvalue weighted by molar-refractivity contribution is -0.0381. The quantitative estimate of drug-likeness (QED) is 0.587. The summed E-state index contributed by atoms with van der Waals surface area (Å²) in [6.07, 6.45) is 7.85. The van der Waals surface area contributed by atoms with Crippen molar-refractivity contribution < 1.29 is 5.11 Å². The minimum Gasteiger partial charge on any atom is -0.385 e. The number of para-hydroxylation sites is 1. The number of hydrogen-bond donors (Lipinski definition) is 3. The van der Waals surface area contributed by atoms with E-state index in [9.17, 15) is 5.11 Å². The molecule has 26 heavy (non-hydrogen) atoms. The molecule has 1 aliphatic rings. The molecule has 1 aromatic carbocycles. The molecule has 0 aliphatic heterocycles. The van der Waals surface area contributed by atoms with Crippen molar-refractivity contribution in [2.75, 3.05) is 10.6 Å². The van der Waals surface area contributed by atoms with Crippen molar-refractivity contribution in [2.24, 2.45) is 7.05 Å². The number of aliphatic hydroxyl groups is 1. The van der Waals surface area contributed by atoms with Crippen molar-refractivity contribution in [2.45, 2.75) is 24.9 Å². The van der Waals surface area contributed by atoms with E-state index in [0.29, 0.717) is 11.8 Å². The van der Waals surface area contributed by atoms with E-state index >= 15 is 0 Å². The van der Waals surface area contributed by atoms with Gasteiger partial charge in [-0.1, -0.05) is 18.2 Å². The molecule has 134 valence electrons. The molecular weight excluding hydrogens is 396 g/mol. The first-order valence-corrected chi connectivity index (χ1v) is 9.20. The molecular formula is C18H19BrN6O. The highest BCUT2D eigenvalue weighted by atomic mass is 79.9. The van der Waals surface area contributed by atoms with E-state index in [0.717, 1.165) is 40.7 Å². The summed E-state index contributed by atoms with van der Waals surface area (Å²) in [5.41, 5.74) is 1.81. The Bertz CT molecular complexity index is 937. The van der Waals surface area contributed by atoms with Gasteiger partial charge in [0.15, 0.2) is 0 Å². The SMILES string of the molecule is Cn1cc(Nc2ncc(Br)c(Nc3ccccc3C3(O)CCC3)n2)cn1. The molecule has 0 radical (unpaired) electrons. The molecule has 3 N–H and O–H groups in total. The first-order valence-electron chi connectivity index (χ1n) is 8.41. The molecule has 7 nitrogen and oxygen atoms in total. The van der Waals surface area contributed by atoms with E-state index in [2.05, 4.69) is 41.6 Å². The summed E-state index contributed by atoms with van der Waals surface area (Å²) < 4.78 is 2.44. The van der Waals surface area contributed by atoms with Gasteiger partial charge in [-0.05, 0) is 41.3 Å². The number of nitrogens with one attached hydrogen (secondary N) is 2. The highest BCUT2D eigenvalue weighted by Crippen LogP contribution is 2.44. The highest BCUT2D eigenvalue weighted by molar-refractivity contribution is 9.10. The van der Waals surface area contributed by atoms with Crippen molar-refractivity contribution in [1.29, 1.82) is 0 Å². The van der Waals surface area contributed by atoms with E-state index < -0.39 is 5.60 Å². The second-order valence-corrected chi connectivity index (χ2v) is 7.33. The van der Waals surface area contributed by atoms with Crippen LogP contribution < -0.4 is 10.6 Å².